The highest BCUT2D eigenvalue weighted by Gasteiger charge is 2.05. The van der Waals surface area contributed by atoms with Crippen molar-refractivity contribution in [2.75, 3.05) is 0 Å². The van der Waals surface area contributed by atoms with Gasteiger partial charge >= 0.3 is 0 Å². The Morgan fingerprint density at radius 2 is 2.33 bits per heavy atom. The van der Waals surface area contributed by atoms with E-state index in [9.17, 15) is 4.79 Å². The number of halogens is 1. The predicted octanol–water partition coefficient (Wildman–Crippen LogP) is 3.76. The SMILES string of the molecule is O=Cc1ccc(Sc2nccs2)c(Cl)c1. The van der Waals surface area contributed by atoms with Gasteiger partial charge in [-0.25, -0.2) is 4.98 Å². The zero-order valence-corrected chi connectivity index (χ0v) is 9.90. The van der Waals surface area contributed by atoms with Gasteiger partial charge in [0.15, 0.2) is 4.34 Å². The summed E-state index contributed by atoms with van der Waals surface area (Å²) in [6.07, 6.45) is 2.53. The van der Waals surface area contributed by atoms with Crippen LogP contribution in [0.1, 0.15) is 10.4 Å². The number of nitrogens with zero attached hydrogens (tertiary/aromatic N) is 1. The van der Waals surface area contributed by atoms with E-state index in [1.54, 1.807) is 29.7 Å². The van der Waals surface area contributed by atoms with Crippen molar-refractivity contribution in [3.8, 4) is 0 Å². The third-order valence-corrected chi connectivity index (χ3v) is 4.08. The van der Waals surface area contributed by atoms with Crippen molar-refractivity contribution in [3.05, 3.63) is 40.4 Å². The molecule has 5 heteroatoms. The maximum atomic E-state index is 10.5. The van der Waals surface area contributed by atoms with Crippen LogP contribution < -0.4 is 0 Å². The fourth-order valence-corrected chi connectivity index (χ4v) is 2.92. The van der Waals surface area contributed by atoms with Crippen molar-refractivity contribution in [3.63, 3.8) is 0 Å². The van der Waals surface area contributed by atoms with Gasteiger partial charge in [0.2, 0.25) is 0 Å². The molecule has 0 bridgehead atoms. The third-order valence-electron chi connectivity index (χ3n) is 1.70. The molecule has 76 valence electrons. The molecule has 0 N–H and O–H groups in total. The Hall–Kier alpha value is -0.840. The highest BCUT2D eigenvalue weighted by molar-refractivity contribution is 8.01. The van der Waals surface area contributed by atoms with Gasteiger partial charge in [0.25, 0.3) is 0 Å². The molecule has 0 aliphatic rings. The van der Waals surface area contributed by atoms with Gasteiger partial charge in [-0.3, -0.25) is 4.79 Å². The molecule has 0 radical (unpaired) electrons. The fraction of sp³-hybridized carbons (Fsp3) is 0. The van der Waals surface area contributed by atoms with Crippen LogP contribution in [0.3, 0.4) is 0 Å². The van der Waals surface area contributed by atoms with Gasteiger partial charge in [0, 0.05) is 22.0 Å². The quantitative estimate of drug-likeness (QED) is 0.783. The number of carbonyl (C=O) groups is 1. The number of aromatic nitrogens is 1. The van der Waals surface area contributed by atoms with Crippen molar-refractivity contribution in [2.24, 2.45) is 0 Å². The Morgan fingerprint density at radius 1 is 1.47 bits per heavy atom. The second-order valence-corrected chi connectivity index (χ2v) is 5.30. The minimum Gasteiger partial charge on any atom is -0.298 e. The number of rotatable bonds is 3. The molecule has 0 amide bonds. The Kier molecular flexibility index (Phi) is 3.41. The van der Waals surface area contributed by atoms with Crippen molar-refractivity contribution in [1.82, 2.24) is 4.98 Å². The van der Waals surface area contributed by atoms with Crippen LogP contribution in [0, 0.1) is 0 Å². The molecule has 1 aromatic heterocycles. The summed E-state index contributed by atoms with van der Waals surface area (Å²) in [6.45, 7) is 0. The lowest BCUT2D eigenvalue weighted by molar-refractivity contribution is 0.112. The lowest BCUT2D eigenvalue weighted by atomic mass is 10.2. The monoisotopic (exact) mass is 255 g/mol. The van der Waals surface area contributed by atoms with E-state index in [2.05, 4.69) is 4.98 Å². The molecule has 0 atom stereocenters. The number of benzene rings is 1. The Balaban J connectivity index is 2.26. The molecule has 0 fully saturated rings. The molecule has 2 rings (SSSR count). The average molecular weight is 256 g/mol. The molecule has 0 unspecified atom stereocenters. The van der Waals surface area contributed by atoms with Crippen molar-refractivity contribution in [2.45, 2.75) is 9.24 Å². The molecule has 0 aliphatic carbocycles. The molecule has 0 saturated carbocycles. The van der Waals surface area contributed by atoms with E-state index in [1.165, 1.54) is 11.8 Å². The second kappa shape index (κ2) is 4.79. The lowest BCUT2D eigenvalue weighted by Gasteiger charge is -2.01. The molecule has 1 aromatic carbocycles. The zero-order valence-electron chi connectivity index (χ0n) is 7.51. The topological polar surface area (TPSA) is 30.0 Å². The normalized spacial score (nSPS) is 10.2. The Morgan fingerprint density at radius 3 is 2.93 bits per heavy atom. The van der Waals surface area contributed by atoms with E-state index in [1.807, 2.05) is 11.4 Å². The molecule has 0 aliphatic heterocycles. The van der Waals surface area contributed by atoms with Gasteiger partial charge in [-0.05, 0) is 12.1 Å². The Labute approximate surface area is 100 Å². The standard InChI is InChI=1S/C10H6ClNOS2/c11-8-5-7(6-13)1-2-9(8)15-10-12-3-4-14-10/h1-6H. The molecular weight excluding hydrogens is 250 g/mol. The summed E-state index contributed by atoms with van der Waals surface area (Å²) in [5.74, 6) is 0. The maximum Gasteiger partial charge on any atom is 0.154 e. The van der Waals surface area contributed by atoms with Crippen LogP contribution in [0.25, 0.3) is 0 Å². The Bertz CT molecular complexity index is 470. The molecule has 1 heterocycles. The number of carbonyl (C=O) groups excluding carboxylic acids is 1. The van der Waals surface area contributed by atoms with Crippen LogP contribution in [0.2, 0.25) is 5.02 Å². The second-order valence-electron chi connectivity index (χ2n) is 2.71. The average Bonchev–Trinajstić information content (AvgIpc) is 2.74. The molecular formula is C10H6ClNOS2. The van der Waals surface area contributed by atoms with Gasteiger partial charge in [-0.1, -0.05) is 29.4 Å². The van der Waals surface area contributed by atoms with Gasteiger partial charge in [-0.2, -0.15) is 0 Å². The van der Waals surface area contributed by atoms with Gasteiger partial charge in [-0.15, -0.1) is 11.3 Å². The largest absolute Gasteiger partial charge is 0.298 e. The molecule has 0 spiro atoms. The first-order valence-electron chi connectivity index (χ1n) is 4.11. The van der Waals surface area contributed by atoms with Crippen LogP contribution in [-0.2, 0) is 0 Å². The number of thiazole rings is 1. The summed E-state index contributed by atoms with van der Waals surface area (Å²) in [7, 11) is 0. The van der Waals surface area contributed by atoms with E-state index >= 15 is 0 Å². The summed E-state index contributed by atoms with van der Waals surface area (Å²) in [5.41, 5.74) is 0.587. The summed E-state index contributed by atoms with van der Waals surface area (Å²) in [6, 6.07) is 5.23. The maximum absolute atomic E-state index is 10.5. The van der Waals surface area contributed by atoms with Crippen molar-refractivity contribution >= 4 is 41.0 Å². The highest BCUT2D eigenvalue weighted by atomic mass is 35.5. The smallest absolute Gasteiger partial charge is 0.154 e. The first-order valence-corrected chi connectivity index (χ1v) is 6.19. The van der Waals surface area contributed by atoms with Gasteiger partial charge in [0.05, 0.1) is 5.02 Å². The van der Waals surface area contributed by atoms with E-state index in [4.69, 9.17) is 11.6 Å². The van der Waals surface area contributed by atoms with Crippen molar-refractivity contribution < 1.29 is 4.79 Å². The van der Waals surface area contributed by atoms with E-state index in [0.717, 1.165) is 15.5 Å². The molecule has 2 nitrogen and oxygen atoms in total. The number of hydrogen-bond acceptors (Lipinski definition) is 4. The van der Waals surface area contributed by atoms with E-state index < -0.39 is 0 Å². The summed E-state index contributed by atoms with van der Waals surface area (Å²) >= 11 is 9.08. The zero-order chi connectivity index (χ0) is 10.7. The van der Waals surface area contributed by atoms with Crippen molar-refractivity contribution in [1.29, 1.82) is 0 Å². The summed E-state index contributed by atoms with van der Waals surface area (Å²) in [5, 5.41) is 2.50. The van der Waals surface area contributed by atoms with Gasteiger partial charge < -0.3 is 0 Å². The van der Waals surface area contributed by atoms with Crippen LogP contribution in [0.5, 0.6) is 0 Å². The number of hydrogen-bond donors (Lipinski definition) is 0. The predicted molar refractivity (Wildman–Crippen MR) is 63.1 cm³/mol. The third kappa shape index (κ3) is 2.59. The first-order chi connectivity index (χ1) is 7.29. The van der Waals surface area contributed by atoms with Crippen LogP contribution in [0.15, 0.2) is 39.0 Å². The number of aldehydes is 1. The van der Waals surface area contributed by atoms with E-state index in [-0.39, 0.29) is 0 Å². The van der Waals surface area contributed by atoms with Crippen LogP contribution in [0.4, 0.5) is 0 Å². The van der Waals surface area contributed by atoms with Crippen LogP contribution in [-0.4, -0.2) is 11.3 Å². The minimum absolute atomic E-state index is 0.583. The van der Waals surface area contributed by atoms with Crippen LogP contribution >= 0.6 is 34.7 Å². The summed E-state index contributed by atoms with van der Waals surface area (Å²) in [4.78, 5) is 15.6. The van der Waals surface area contributed by atoms with E-state index in [0.29, 0.717) is 10.6 Å². The minimum atomic E-state index is 0.583. The molecule has 2 aromatic rings. The highest BCUT2D eigenvalue weighted by Crippen LogP contribution is 2.34. The summed E-state index contributed by atoms with van der Waals surface area (Å²) < 4.78 is 0.941. The van der Waals surface area contributed by atoms with Gasteiger partial charge in [0.1, 0.15) is 6.29 Å². The molecule has 15 heavy (non-hydrogen) atoms. The fourth-order valence-electron chi connectivity index (χ4n) is 1.03. The lowest BCUT2D eigenvalue weighted by Crippen LogP contribution is -1.81. The first kappa shape index (κ1) is 10.7. The molecule has 0 saturated heterocycles.